The first-order chi connectivity index (χ1) is 4.72. The van der Waals surface area contributed by atoms with Crippen molar-refractivity contribution in [3.8, 4) is 0 Å². The number of halogens is 3. The van der Waals surface area contributed by atoms with Crippen LogP contribution in [0.15, 0.2) is 16.8 Å². The highest BCUT2D eigenvalue weighted by Crippen LogP contribution is 2.19. The molecule has 0 aliphatic rings. The van der Waals surface area contributed by atoms with Crippen molar-refractivity contribution in [3.05, 3.63) is 22.4 Å². The lowest BCUT2D eigenvalue weighted by atomic mass is 10.2. The zero-order valence-electron chi connectivity index (χ0n) is 5.54. The van der Waals surface area contributed by atoms with Gasteiger partial charge in [0.15, 0.2) is 0 Å². The molecule has 0 aliphatic heterocycles. The van der Waals surface area contributed by atoms with Crippen molar-refractivity contribution in [1.82, 2.24) is 0 Å². The Morgan fingerprint density at radius 1 is 1.45 bits per heavy atom. The minimum absolute atomic E-state index is 0. The molecule has 0 saturated carbocycles. The standard InChI is InChI=1S/C6H7F2NS.ClH/c7-6(8)5(9)4-1-2-10-3-4;/h1-3,5-6H,9H2;1H/t5-;/m0./s1. The van der Waals surface area contributed by atoms with Gasteiger partial charge in [0.25, 0.3) is 6.43 Å². The van der Waals surface area contributed by atoms with Crippen molar-refractivity contribution >= 4 is 23.7 Å². The van der Waals surface area contributed by atoms with Crippen molar-refractivity contribution in [3.63, 3.8) is 0 Å². The third kappa shape index (κ3) is 2.73. The average molecular weight is 200 g/mol. The molecule has 0 fully saturated rings. The summed E-state index contributed by atoms with van der Waals surface area (Å²) in [7, 11) is 0. The van der Waals surface area contributed by atoms with E-state index in [0.717, 1.165) is 0 Å². The van der Waals surface area contributed by atoms with E-state index in [1.165, 1.54) is 11.3 Å². The molecule has 5 heteroatoms. The molecule has 0 aliphatic carbocycles. The quantitative estimate of drug-likeness (QED) is 0.778. The minimum Gasteiger partial charge on any atom is -0.319 e. The van der Waals surface area contributed by atoms with Gasteiger partial charge in [0.05, 0.1) is 6.04 Å². The van der Waals surface area contributed by atoms with Crippen LogP contribution in [0.4, 0.5) is 8.78 Å². The highest BCUT2D eigenvalue weighted by Gasteiger charge is 2.16. The molecule has 11 heavy (non-hydrogen) atoms. The molecule has 64 valence electrons. The maximum atomic E-state index is 11.9. The molecule has 1 rings (SSSR count). The smallest absolute Gasteiger partial charge is 0.257 e. The van der Waals surface area contributed by atoms with Crippen LogP contribution < -0.4 is 5.73 Å². The Labute approximate surface area is 73.6 Å². The molecule has 0 saturated heterocycles. The molecule has 0 amide bonds. The number of hydrogen-bond acceptors (Lipinski definition) is 2. The number of rotatable bonds is 2. The Morgan fingerprint density at radius 3 is 2.45 bits per heavy atom. The van der Waals surface area contributed by atoms with Crippen molar-refractivity contribution in [2.75, 3.05) is 0 Å². The predicted molar refractivity (Wildman–Crippen MR) is 44.5 cm³/mol. The highest BCUT2D eigenvalue weighted by molar-refractivity contribution is 7.07. The van der Waals surface area contributed by atoms with Gasteiger partial charge in [-0.25, -0.2) is 8.78 Å². The van der Waals surface area contributed by atoms with Crippen LogP contribution in [0.5, 0.6) is 0 Å². The first-order valence-electron chi connectivity index (χ1n) is 2.77. The second kappa shape index (κ2) is 4.64. The van der Waals surface area contributed by atoms with Crippen LogP contribution in [0.2, 0.25) is 0 Å². The summed E-state index contributed by atoms with van der Waals surface area (Å²) < 4.78 is 23.7. The fraction of sp³-hybridized carbons (Fsp3) is 0.333. The van der Waals surface area contributed by atoms with Crippen molar-refractivity contribution in [1.29, 1.82) is 0 Å². The van der Waals surface area contributed by atoms with Gasteiger partial charge in [-0.15, -0.1) is 12.4 Å². The fourth-order valence-corrected chi connectivity index (χ4v) is 1.32. The van der Waals surface area contributed by atoms with Gasteiger partial charge >= 0.3 is 0 Å². The molecule has 1 aromatic rings. The van der Waals surface area contributed by atoms with Crippen LogP contribution in [0.1, 0.15) is 11.6 Å². The predicted octanol–water partition coefficient (Wildman–Crippen LogP) is 2.43. The molecular formula is C6H8ClF2NS. The lowest BCUT2D eigenvalue weighted by Gasteiger charge is -2.06. The van der Waals surface area contributed by atoms with Crippen LogP contribution in [0, 0.1) is 0 Å². The van der Waals surface area contributed by atoms with E-state index in [-0.39, 0.29) is 12.4 Å². The van der Waals surface area contributed by atoms with Gasteiger partial charge in [0, 0.05) is 0 Å². The minimum atomic E-state index is -2.46. The Balaban J connectivity index is 0.000001000. The third-order valence-electron chi connectivity index (χ3n) is 1.20. The summed E-state index contributed by atoms with van der Waals surface area (Å²) in [5, 5.41) is 3.37. The topological polar surface area (TPSA) is 26.0 Å². The Kier molecular flexibility index (Phi) is 4.56. The first-order valence-corrected chi connectivity index (χ1v) is 3.72. The van der Waals surface area contributed by atoms with E-state index in [2.05, 4.69) is 0 Å². The van der Waals surface area contributed by atoms with Crippen LogP contribution in [0.3, 0.4) is 0 Å². The van der Waals surface area contributed by atoms with E-state index in [9.17, 15) is 8.78 Å². The molecule has 0 aromatic carbocycles. The van der Waals surface area contributed by atoms with Gasteiger partial charge in [-0.2, -0.15) is 11.3 Å². The van der Waals surface area contributed by atoms with Gasteiger partial charge in [0.2, 0.25) is 0 Å². The number of nitrogens with two attached hydrogens (primary N) is 1. The summed E-state index contributed by atoms with van der Waals surface area (Å²) in [5.74, 6) is 0. The second-order valence-electron chi connectivity index (χ2n) is 1.92. The van der Waals surface area contributed by atoms with Crippen molar-refractivity contribution < 1.29 is 8.78 Å². The Morgan fingerprint density at radius 2 is 2.09 bits per heavy atom. The first kappa shape index (κ1) is 10.8. The van der Waals surface area contributed by atoms with Crippen LogP contribution in [-0.4, -0.2) is 6.43 Å². The Hall–Kier alpha value is -0.190. The SMILES string of the molecule is Cl.N[C@@H](c1ccsc1)C(F)F. The summed E-state index contributed by atoms with van der Waals surface area (Å²) in [4.78, 5) is 0. The zero-order valence-corrected chi connectivity index (χ0v) is 7.17. The summed E-state index contributed by atoms with van der Waals surface area (Å²) in [6, 6.07) is 0.493. The molecule has 0 spiro atoms. The van der Waals surface area contributed by atoms with Gasteiger partial charge < -0.3 is 5.73 Å². The normalized spacial score (nSPS) is 12.7. The van der Waals surface area contributed by atoms with Crippen LogP contribution in [0.25, 0.3) is 0 Å². The molecule has 2 N–H and O–H groups in total. The van der Waals surface area contributed by atoms with Gasteiger partial charge in [-0.1, -0.05) is 0 Å². The lowest BCUT2D eigenvalue weighted by molar-refractivity contribution is 0.116. The van der Waals surface area contributed by atoms with E-state index < -0.39 is 12.5 Å². The van der Waals surface area contributed by atoms with Crippen LogP contribution in [-0.2, 0) is 0 Å². The molecule has 1 aromatic heterocycles. The van der Waals surface area contributed by atoms with E-state index in [4.69, 9.17) is 5.73 Å². The molecule has 1 nitrogen and oxygen atoms in total. The largest absolute Gasteiger partial charge is 0.319 e. The van der Waals surface area contributed by atoms with Crippen molar-refractivity contribution in [2.45, 2.75) is 12.5 Å². The summed E-state index contributed by atoms with van der Waals surface area (Å²) in [5.41, 5.74) is 5.65. The average Bonchev–Trinajstić information content (AvgIpc) is 2.36. The molecule has 1 atom stereocenters. The molecule has 0 bridgehead atoms. The Bertz CT molecular complexity index is 190. The van der Waals surface area contributed by atoms with E-state index in [0.29, 0.717) is 5.56 Å². The van der Waals surface area contributed by atoms with Crippen molar-refractivity contribution in [2.24, 2.45) is 5.73 Å². The third-order valence-corrected chi connectivity index (χ3v) is 1.90. The highest BCUT2D eigenvalue weighted by atomic mass is 35.5. The summed E-state index contributed by atoms with van der Waals surface area (Å²) >= 11 is 1.37. The lowest BCUT2D eigenvalue weighted by Crippen LogP contribution is -2.17. The maximum absolute atomic E-state index is 11.9. The summed E-state index contributed by atoms with van der Waals surface area (Å²) in [6.07, 6.45) is -2.46. The molecule has 1 heterocycles. The number of thiophene rings is 1. The van der Waals surface area contributed by atoms with Gasteiger partial charge in [-0.05, 0) is 22.4 Å². The van der Waals surface area contributed by atoms with E-state index in [1.807, 2.05) is 0 Å². The fourth-order valence-electron chi connectivity index (χ4n) is 0.610. The van der Waals surface area contributed by atoms with E-state index in [1.54, 1.807) is 16.8 Å². The van der Waals surface area contributed by atoms with Gasteiger partial charge in [-0.3, -0.25) is 0 Å². The number of hydrogen-bond donors (Lipinski definition) is 1. The molecule has 0 unspecified atom stereocenters. The summed E-state index contributed by atoms with van der Waals surface area (Å²) in [6.45, 7) is 0. The maximum Gasteiger partial charge on any atom is 0.257 e. The zero-order chi connectivity index (χ0) is 7.56. The van der Waals surface area contributed by atoms with Crippen LogP contribution >= 0.6 is 23.7 Å². The molecular weight excluding hydrogens is 192 g/mol. The monoisotopic (exact) mass is 199 g/mol. The van der Waals surface area contributed by atoms with Gasteiger partial charge in [0.1, 0.15) is 0 Å². The second-order valence-corrected chi connectivity index (χ2v) is 2.70. The van der Waals surface area contributed by atoms with E-state index >= 15 is 0 Å². The molecule has 0 radical (unpaired) electrons. The number of alkyl halides is 2.